The highest BCUT2D eigenvalue weighted by atomic mass is 16.6. The van der Waals surface area contributed by atoms with E-state index in [4.69, 9.17) is 19.3 Å². The minimum Gasteiger partial charge on any atom is -0.493 e. The number of ether oxygens (including phenoxy) is 2. The zero-order chi connectivity index (χ0) is 18.4. The van der Waals surface area contributed by atoms with Gasteiger partial charge in [-0.2, -0.15) is 10.2 Å². The third kappa shape index (κ3) is 3.87. The highest BCUT2D eigenvalue weighted by molar-refractivity contribution is 5.89. The second-order valence-corrected chi connectivity index (χ2v) is 5.21. The molecule has 1 heterocycles. The average Bonchev–Trinajstić information content (AvgIpc) is 3.15. The van der Waals surface area contributed by atoms with Crippen LogP contribution in [0.2, 0.25) is 0 Å². The van der Waals surface area contributed by atoms with Crippen molar-refractivity contribution in [2.45, 2.75) is 13.5 Å². The standard InChI is InChI=1S/C19H15N3O4/c1-2-24-16-9-4-3-8-15(16)18-21-17(26-22-18)12-25-19(23)14-7-5-6-13(10-14)11-20/h3-10H,2,12H2,1H3. The van der Waals surface area contributed by atoms with Gasteiger partial charge in [-0.05, 0) is 37.3 Å². The molecule has 0 N–H and O–H groups in total. The molecule has 0 bridgehead atoms. The first kappa shape index (κ1) is 17.2. The Morgan fingerprint density at radius 3 is 2.88 bits per heavy atom. The van der Waals surface area contributed by atoms with Gasteiger partial charge >= 0.3 is 5.97 Å². The van der Waals surface area contributed by atoms with E-state index in [1.165, 1.54) is 6.07 Å². The van der Waals surface area contributed by atoms with Crippen LogP contribution in [0.25, 0.3) is 11.4 Å². The van der Waals surface area contributed by atoms with E-state index in [9.17, 15) is 4.79 Å². The van der Waals surface area contributed by atoms with E-state index >= 15 is 0 Å². The average molecular weight is 349 g/mol. The Morgan fingerprint density at radius 2 is 2.08 bits per heavy atom. The maximum atomic E-state index is 12.1. The van der Waals surface area contributed by atoms with E-state index in [0.29, 0.717) is 29.3 Å². The van der Waals surface area contributed by atoms with Gasteiger partial charge in [-0.3, -0.25) is 0 Å². The number of esters is 1. The molecule has 0 saturated heterocycles. The van der Waals surface area contributed by atoms with Gasteiger partial charge in [0.2, 0.25) is 5.82 Å². The molecule has 0 aliphatic carbocycles. The van der Waals surface area contributed by atoms with Crippen LogP contribution in [0, 0.1) is 11.3 Å². The Balaban J connectivity index is 1.69. The molecule has 0 unspecified atom stereocenters. The zero-order valence-electron chi connectivity index (χ0n) is 14.0. The van der Waals surface area contributed by atoms with Crippen molar-refractivity contribution in [3.8, 4) is 23.2 Å². The third-order valence-electron chi connectivity index (χ3n) is 3.45. The summed E-state index contributed by atoms with van der Waals surface area (Å²) in [6.45, 7) is 2.24. The molecule has 0 aliphatic heterocycles. The van der Waals surface area contributed by atoms with E-state index in [-0.39, 0.29) is 18.1 Å². The molecule has 0 amide bonds. The second kappa shape index (κ2) is 7.94. The van der Waals surface area contributed by atoms with Gasteiger partial charge < -0.3 is 14.0 Å². The monoisotopic (exact) mass is 349 g/mol. The summed E-state index contributed by atoms with van der Waals surface area (Å²) in [6.07, 6.45) is 0. The predicted molar refractivity (Wildman–Crippen MR) is 91.2 cm³/mol. The fraction of sp³-hybridized carbons (Fsp3) is 0.158. The summed E-state index contributed by atoms with van der Waals surface area (Å²) in [6, 6.07) is 15.6. The number of nitriles is 1. The van der Waals surface area contributed by atoms with E-state index in [0.717, 1.165) is 0 Å². The van der Waals surface area contributed by atoms with Crippen LogP contribution >= 0.6 is 0 Å². The predicted octanol–water partition coefficient (Wildman–Crippen LogP) is 3.36. The quantitative estimate of drug-likeness (QED) is 0.629. The molecule has 0 radical (unpaired) electrons. The Morgan fingerprint density at radius 1 is 1.23 bits per heavy atom. The smallest absolute Gasteiger partial charge is 0.338 e. The molecule has 0 saturated carbocycles. The Kier molecular flexibility index (Phi) is 5.25. The first-order valence-electron chi connectivity index (χ1n) is 7.93. The van der Waals surface area contributed by atoms with Gasteiger partial charge in [-0.1, -0.05) is 23.4 Å². The highest BCUT2D eigenvalue weighted by Gasteiger charge is 2.15. The normalized spacial score (nSPS) is 10.2. The number of carbonyl (C=O) groups excluding carboxylic acids is 1. The molecule has 0 atom stereocenters. The van der Waals surface area contributed by atoms with Gasteiger partial charge in [-0.15, -0.1) is 0 Å². The fourth-order valence-corrected chi connectivity index (χ4v) is 2.28. The van der Waals surface area contributed by atoms with Crippen molar-refractivity contribution in [1.82, 2.24) is 10.1 Å². The summed E-state index contributed by atoms with van der Waals surface area (Å²) < 4.78 is 15.8. The van der Waals surface area contributed by atoms with E-state index < -0.39 is 5.97 Å². The van der Waals surface area contributed by atoms with Gasteiger partial charge in [0.25, 0.3) is 5.89 Å². The lowest BCUT2D eigenvalue weighted by molar-refractivity contribution is 0.0430. The Labute approximate surface area is 149 Å². The maximum absolute atomic E-state index is 12.1. The van der Waals surface area contributed by atoms with Crippen LogP contribution in [-0.4, -0.2) is 22.7 Å². The molecule has 0 fully saturated rings. The number of para-hydroxylation sites is 1. The van der Waals surface area contributed by atoms with Crippen LogP contribution in [0.15, 0.2) is 53.1 Å². The zero-order valence-corrected chi connectivity index (χ0v) is 14.0. The molecule has 7 heteroatoms. The maximum Gasteiger partial charge on any atom is 0.338 e. The van der Waals surface area contributed by atoms with E-state index in [1.807, 2.05) is 37.3 Å². The number of carbonyl (C=O) groups is 1. The van der Waals surface area contributed by atoms with Crippen LogP contribution in [0.1, 0.15) is 28.7 Å². The molecule has 1 aromatic heterocycles. The number of rotatable bonds is 6. The van der Waals surface area contributed by atoms with Crippen molar-refractivity contribution in [3.05, 3.63) is 65.5 Å². The molecule has 7 nitrogen and oxygen atoms in total. The molecule has 26 heavy (non-hydrogen) atoms. The van der Waals surface area contributed by atoms with Crippen LogP contribution in [0.4, 0.5) is 0 Å². The lowest BCUT2D eigenvalue weighted by atomic mass is 10.1. The Hall–Kier alpha value is -3.66. The molecule has 0 aliphatic rings. The van der Waals surface area contributed by atoms with Gasteiger partial charge in [0.1, 0.15) is 5.75 Å². The highest BCUT2D eigenvalue weighted by Crippen LogP contribution is 2.27. The summed E-state index contributed by atoms with van der Waals surface area (Å²) in [5.74, 6) is 0.590. The molecule has 0 spiro atoms. The minimum absolute atomic E-state index is 0.163. The first-order chi connectivity index (χ1) is 12.7. The minimum atomic E-state index is -0.573. The number of nitrogens with zero attached hydrogens (tertiary/aromatic N) is 3. The lowest BCUT2D eigenvalue weighted by Crippen LogP contribution is -2.05. The van der Waals surface area contributed by atoms with Crippen LogP contribution in [0.3, 0.4) is 0 Å². The molecule has 130 valence electrons. The summed E-state index contributed by atoms with van der Waals surface area (Å²) in [5, 5.41) is 12.8. The van der Waals surface area contributed by atoms with Gasteiger partial charge in [0.15, 0.2) is 6.61 Å². The first-order valence-corrected chi connectivity index (χ1v) is 7.93. The van der Waals surface area contributed by atoms with Crippen LogP contribution in [0.5, 0.6) is 5.75 Å². The van der Waals surface area contributed by atoms with Crippen molar-refractivity contribution < 1.29 is 18.8 Å². The molecule has 2 aromatic carbocycles. The second-order valence-electron chi connectivity index (χ2n) is 5.21. The van der Waals surface area contributed by atoms with Gasteiger partial charge in [0.05, 0.1) is 29.4 Å². The van der Waals surface area contributed by atoms with Crippen molar-refractivity contribution in [2.24, 2.45) is 0 Å². The number of aromatic nitrogens is 2. The number of benzene rings is 2. The van der Waals surface area contributed by atoms with Crippen molar-refractivity contribution >= 4 is 5.97 Å². The SMILES string of the molecule is CCOc1ccccc1-c1noc(COC(=O)c2cccc(C#N)c2)n1. The number of hydrogen-bond donors (Lipinski definition) is 0. The fourth-order valence-electron chi connectivity index (χ4n) is 2.28. The topological polar surface area (TPSA) is 98.2 Å². The van der Waals surface area contributed by atoms with Crippen molar-refractivity contribution in [3.63, 3.8) is 0 Å². The van der Waals surface area contributed by atoms with Gasteiger partial charge in [-0.25, -0.2) is 4.79 Å². The van der Waals surface area contributed by atoms with E-state index in [2.05, 4.69) is 10.1 Å². The summed E-state index contributed by atoms with van der Waals surface area (Å²) in [7, 11) is 0. The Bertz CT molecular complexity index is 959. The molecular formula is C19H15N3O4. The largest absolute Gasteiger partial charge is 0.493 e. The summed E-state index contributed by atoms with van der Waals surface area (Å²) in [4.78, 5) is 16.3. The van der Waals surface area contributed by atoms with E-state index in [1.54, 1.807) is 18.2 Å². The summed E-state index contributed by atoms with van der Waals surface area (Å²) >= 11 is 0. The van der Waals surface area contributed by atoms with Gasteiger partial charge in [0, 0.05) is 0 Å². The lowest BCUT2D eigenvalue weighted by Gasteiger charge is -2.06. The third-order valence-corrected chi connectivity index (χ3v) is 3.45. The molecular weight excluding hydrogens is 334 g/mol. The molecule has 3 aromatic rings. The molecule has 3 rings (SSSR count). The van der Waals surface area contributed by atoms with Crippen LogP contribution < -0.4 is 4.74 Å². The summed E-state index contributed by atoms with van der Waals surface area (Å²) in [5.41, 5.74) is 1.36. The van der Waals surface area contributed by atoms with Crippen molar-refractivity contribution in [2.75, 3.05) is 6.61 Å². The number of hydrogen-bond acceptors (Lipinski definition) is 7. The van der Waals surface area contributed by atoms with Crippen molar-refractivity contribution in [1.29, 1.82) is 5.26 Å². The van der Waals surface area contributed by atoms with Crippen LogP contribution in [-0.2, 0) is 11.3 Å².